The SMILES string of the molecule is CC1CCCC(C)N1Nc1c([N+](=O)[O-])cc(C(F)(F)F)cc1[N+](=O)[O-]. The third-order valence-corrected chi connectivity index (χ3v) is 4.25. The zero-order valence-electron chi connectivity index (χ0n) is 13.5. The highest BCUT2D eigenvalue weighted by atomic mass is 19.4. The summed E-state index contributed by atoms with van der Waals surface area (Å²) in [5.41, 5.74) is -1.29. The third-order valence-electron chi connectivity index (χ3n) is 4.25. The number of nitro groups is 2. The minimum absolute atomic E-state index is 0.0785. The van der Waals surface area contributed by atoms with Crippen LogP contribution >= 0.6 is 0 Å². The molecule has 11 heteroatoms. The van der Waals surface area contributed by atoms with Gasteiger partial charge in [-0.15, -0.1) is 0 Å². The predicted molar refractivity (Wildman–Crippen MR) is 83.0 cm³/mol. The van der Waals surface area contributed by atoms with E-state index in [9.17, 15) is 33.4 Å². The van der Waals surface area contributed by atoms with E-state index >= 15 is 0 Å². The molecule has 138 valence electrons. The quantitative estimate of drug-likeness (QED) is 0.639. The largest absolute Gasteiger partial charge is 0.416 e. The number of anilines is 1. The minimum Gasteiger partial charge on any atom is -0.307 e. The van der Waals surface area contributed by atoms with Gasteiger partial charge in [-0.3, -0.25) is 20.2 Å². The highest BCUT2D eigenvalue weighted by Crippen LogP contribution is 2.42. The van der Waals surface area contributed by atoms with Crippen LogP contribution in [-0.4, -0.2) is 26.9 Å². The van der Waals surface area contributed by atoms with Crippen molar-refractivity contribution >= 4 is 17.1 Å². The number of rotatable bonds is 4. The summed E-state index contributed by atoms with van der Waals surface area (Å²) in [6.07, 6.45) is -2.48. The lowest BCUT2D eigenvalue weighted by Gasteiger charge is -2.39. The maximum atomic E-state index is 12.9. The summed E-state index contributed by atoms with van der Waals surface area (Å²) in [5, 5.41) is 24.1. The molecule has 1 aromatic rings. The molecule has 1 heterocycles. The molecule has 1 aliphatic heterocycles. The Morgan fingerprint density at radius 3 is 1.88 bits per heavy atom. The molecule has 1 N–H and O–H groups in total. The van der Waals surface area contributed by atoms with Gasteiger partial charge in [0.05, 0.1) is 15.4 Å². The van der Waals surface area contributed by atoms with E-state index in [1.165, 1.54) is 0 Å². The zero-order chi connectivity index (χ0) is 18.9. The summed E-state index contributed by atoms with van der Waals surface area (Å²) >= 11 is 0. The Labute approximate surface area is 140 Å². The molecule has 0 aromatic heterocycles. The van der Waals surface area contributed by atoms with Crippen molar-refractivity contribution in [2.24, 2.45) is 0 Å². The van der Waals surface area contributed by atoms with Crippen molar-refractivity contribution in [3.05, 3.63) is 37.9 Å². The van der Waals surface area contributed by atoms with Crippen LogP contribution in [0.15, 0.2) is 12.1 Å². The molecule has 0 aliphatic carbocycles. The van der Waals surface area contributed by atoms with Crippen molar-refractivity contribution in [2.45, 2.75) is 51.4 Å². The van der Waals surface area contributed by atoms with E-state index in [0.717, 1.165) is 19.3 Å². The van der Waals surface area contributed by atoms with Gasteiger partial charge in [-0.2, -0.15) is 13.2 Å². The fourth-order valence-electron chi connectivity index (χ4n) is 2.95. The molecular weight excluding hydrogens is 345 g/mol. The molecule has 8 nitrogen and oxygen atoms in total. The van der Waals surface area contributed by atoms with E-state index in [1.54, 1.807) is 5.01 Å². The molecule has 2 atom stereocenters. The second kappa shape index (κ2) is 6.82. The van der Waals surface area contributed by atoms with Crippen LogP contribution in [0.3, 0.4) is 0 Å². The highest BCUT2D eigenvalue weighted by Gasteiger charge is 2.39. The fourth-order valence-corrected chi connectivity index (χ4v) is 2.95. The molecule has 2 unspecified atom stereocenters. The van der Waals surface area contributed by atoms with Gasteiger partial charge in [0.15, 0.2) is 0 Å². The Hall–Kier alpha value is -2.43. The summed E-state index contributed by atoms with van der Waals surface area (Å²) < 4.78 is 38.7. The summed E-state index contributed by atoms with van der Waals surface area (Å²) in [7, 11) is 0. The van der Waals surface area contributed by atoms with E-state index in [-0.39, 0.29) is 12.1 Å². The van der Waals surface area contributed by atoms with Gasteiger partial charge in [0.25, 0.3) is 0 Å². The number of nitrogens with zero attached hydrogens (tertiary/aromatic N) is 3. The number of piperidine rings is 1. The van der Waals surface area contributed by atoms with Crippen molar-refractivity contribution in [3.8, 4) is 0 Å². The maximum absolute atomic E-state index is 12.9. The number of nitrogens with one attached hydrogen (secondary N) is 1. The first-order valence-electron chi connectivity index (χ1n) is 7.61. The van der Waals surface area contributed by atoms with Crippen LogP contribution in [-0.2, 0) is 6.18 Å². The number of nitro benzene ring substituents is 2. The topological polar surface area (TPSA) is 102 Å². The Balaban J connectivity index is 2.58. The Morgan fingerprint density at radius 2 is 1.52 bits per heavy atom. The van der Waals surface area contributed by atoms with Crippen LogP contribution in [0.2, 0.25) is 0 Å². The van der Waals surface area contributed by atoms with E-state index in [0.29, 0.717) is 12.1 Å². The molecular formula is C14H17F3N4O4. The number of alkyl halides is 3. The average molecular weight is 362 g/mol. The zero-order valence-corrected chi connectivity index (χ0v) is 13.5. The molecule has 1 aliphatic rings. The average Bonchev–Trinajstić information content (AvgIpc) is 2.49. The lowest BCUT2D eigenvalue weighted by atomic mass is 9.99. The highest BCUT2D eigenvalue weighted by molar-refractivity contribution is 5.74. The van der Waals surface area contributed by atoms with Crippen molar-refractivity contribution in [2.75, 3.05) is 5.43 Å². The molecule has 1 fully saturated rings. The molecule has 0 spiro atoms. The molecule has 1 saturated heterocycles. The molecule has 0 saturated carbocycles. The van der Waals surface area contributed by atoms with E-state index in [1.807, 2.05) is 13.8 Å². The number of halogens is 3. The number of hydrogen-bond acceptors (Lipinski definition) is 6. The lowest BCUT2D eigenvalue weighted by molar-refractivity contribution is -0.392. The monoisotopic (exact) mass is 362 g/mol. The lowest BCUT2D eigenvalue weighted by Crippen LogP contribution is -2.47. The van der Waals surface area contributed by atoms with Crippen LogP contribution in [0.4, 0.5) is 30.2 Å². The second-order valence-electron chi connectivity index (χ2n) is 6.05. The summed E-state index contributed by atoms with van der Waals surface area (Å²) in [5.74, 6) is 0. The molecule has 0 amide bonds. The van der Waals surface area contributed by atoms with E-state index in [4.69, 9.17) is 0 Å². The van der Waals surface area contributed by atoms with Crippen LogP contribution < -0.4 is 5.43 Å². The van der Waals surface area contributed by atoms with Crippen LogP contribution in [0.5, 0.6) is 0 Å². The van der Waals surface area contributed by atoms with Crippen LogP contribution in [0.1, 0.15) is 38.7 Å². The predicted octanol–water partition coefficient (Wildman–Crippen LogP) is 4.11. The smallest absolute Gasteiger partial charge is 0.307 e. The van der Waals surface area contributed by atoms with Crippen LogP contribution in [0.25, 0.3) is 0 Å². The van der Waals surface area contributed by atoms with Crippen LogP contribution in [0, 0.1) is 20.2 Å². The van der Waals surface area contributed by atoms with Gasteiger partial charge >= 0.3 is 17.6 Å². The Kier molecular flexibility index (Phi) is 5.16. The summed E-state index contributed by atoms with van der Waals surface area (Å²) in [4.78, 5) is 20.4. The fraction of sp³-hybridized carbons (Fsp3) is 0.571. The number of hydrogen-bond donors (Lipinski definition) is 1. The maximum Gasteiger partial charge on any atom is 0.416 e. The van der Waals surface area contributed by atoms with Gasteiger partial charge in [0.2, 0.25) is 5.69 Å². The third kappa shape index (κ3) is 3.98. The first kappa shape index (κ1) is 18.9. The van der Waals surface area contributed by atoms with Crippen molar-refractivity contribution < 1.29 is 23.0 Å². The van der Waals surface area contributed by atoms with Gasteiger partial charge < -0.3 is 5.43 Å². The molecule has 0 bridgehead atoms. The number of hydrazine groups is 1. The van der Waals surface area contributed by atoms with Gasteiger partial charge in [0, 0.05) is 24.2 Å². The number of benzene rings is 1. The van der Waals surface area contributed by atoms with Gasteiger partial charge in [-0.25, -0.2) is 5.01 Å². The summed E-state index contributed by atoms with van der Waals surface area (Å²) in [6.45, 7) is 3.68. The Bertz CT molecular complexity index is 650. The summed E-state index contributed by atoms with van der Waals surface area (Å²) in [6, 6.07) is 0.471. The standard InChI is InChI=1S/C14H17F3N4O4/c1-8-4-3-5-9(2)19(8)18-13-11(20(22)23)6-10(14(15,16)17)7-12(13)21(24)25/h6-9,18H,3-5H2,1-2H3. The van der Waals surface area contributed by atoms with Crippen molar-refractivity contribution in [1.82, 2.24) is 5.01 Å². The Morgan fingerprint density at radius 1 is 1.08 bits per heavy atom. The van der Waals surface area contributed by atoms with Gasteiger partial charge in [-0.05, 0) is 26.7 Å². The second-order valence-corrected chi connectivity index (χ2v) is 6.05. The normalized spacial score (nSPS) is 21.8. The van der Waals surface area contributed by atoms with Crippen molar-refractivity contribution in [3.63, 3.8) is 0 Å². The van der Waals surface area contributed by atoms with Gasteiger partial charge in [0.1, 0.15) is 0 Å². The first-order valence-corrected chi connectivity index (χ1v) is 7.61. The molecule has 2 rings (SSSR count). The van der Waals surface area contributed by atoms with E-state index < -0.39 is 38.6 Å². The van der Waals surface area contributed by atoms with Crippen molar-refractivity contribution in [1.29, 1.82) is 0 Å². The van der Waals surface area contributed by atoms with E-state index in [2.05, 4.69) is 5.43 Å². The van der Waals surface area contributed by atoms with Gasteiger partial charge in [-0.1, -0.05) is 6.42 Å². The molecule has 25 heavy (non-hydrogen) atoms. The first-order chi connectivity index (χ1) is 11.5. The molecule has 0 radical (unpaired) electrons. The molecule has 1 aromatic carbocycles. The minimum atomic E-state index is -4.93.